The Balaban J connectivity index is 2.95. The van der Waals surface area contributed by atoms with Crippen LogP contribution in [0.5, 0.6) is 0 Å². The number of allylic oxidation sites excluding steroid dienone is 2. The van der Waals surface area contributed by atoms with Gasteiger partial charge >= 0.3 is 5.97 Å². The fraction of sp³-hybridized carbons (Fsp3) is 0.750. The van der Waals surface area contributed by atoms with Crippen LogP contribution in [0.1, 0.15) is 58.3 Å². The van der Waals surface area contributed by atoms with E-state index in [1.54, 1.807) is 0 Å². The Kier molecular flexibility index (Phi) is 9.71. The van der Waals surface area contributed by atoms with Gasteiger partial charge in [0.1, 0.15) is 0 Å². The summed E-state index contributed by atoms with van der Waals surface area (Å²) in [4.78, 5) is 10.2. The van der Waals surface area contributed by atoms with Crippen LogP contribution in [0, 0.1) is 0 Å². The zero-order valence-electron chi connectivity index (χ0n) is 9.17. The number of carboxylic acids is 1. The summed E-state index contributed by atoms with van der Waals surface area (Å²) in [6.45, 7) is 2.05. The van der Waals surface area contributed by atoms with Crippen molar-refractivity contribution in [2.24, 2.45) is 0 Å². The zero-order chi connectivity index (χ0) is 10.6. The van der Waals surface area contributed by atoms with Gasteiger partial charge in [-0.3, -0.25) is 4.79 Å². The molecule has 0 heterocycles. The fourth-order valence-corrected chi connectivity index (χ4v) is 1.41. The standard InChI is InChI=1S/C12H22O2/c1-2-3-4-5-6-7-8-9-10-11-12(13)14/h2-3H,4-11H2,1H3,(H,13,14). The van der Waals surface area contributed by atoms with Gasteiger partial charge in [0.05, 0.1) is 0 Å². The van der Waals surface area contributed by atoms with Crippen LogP contribution in [0.3, 0.4) is 0 Å². The SMILES string of the molecule is CC=CCCCCCCCCC(=O)O. The maximum Gasteiger partial charge on any atom is 0.303 e. The van der Waals surface area contributed by atoms with E-state index in [2.05, 4.69) is 12.2 Å². The second kappa shape index (κ2) is 10.3. The summed E-state index contributed by atoms with van der Waals surface area (Å²) in [6.07, 6.45) is 12.7. The van der Waals surface area contributed by atoms with E-state index in [1.165, 1.54) is 32.1 Å². The molecule has 0 spiro atoms. The largest absolute Gasteiger partial charge is 0.481 e. The monoisotopic (exact) mass is 198 g/mol. The lowest BCUT2D eigenvalue weighted by Crippen LogP contribution is -1.93. The second-order valence-corrected chi connectivity index (χ2v) is 3.62. The minimum atomic E-state index is -0.668. The van der Waals surface area contributed by atoms with Crippen LogP contribution in [-0.4, -0.2) is 11.1 Å². The highest BCUT2D eigenvalue weighted by atomic mass is 16.4. The molecule has 0 aliphatic carbocycles. The first-order valence-electron chi connectivity index (χ1n) is 5.60. The van der Waals surface area contributed by atoms with Crippen LogP contribution >= 0.6 is 0 Å². The number of rotatable bonds is 9. The van der Waals surface area contributed by atoms with Crippen LogP contribution in [-0.2, 0) is 4.79 Å². The highest BCUT2D eigenvalue weighted by Crippen LogP contribution is 2.08. The average molecular weight is 198 g/mol. The topological polar surface area (TPSA) is 37.3 Å². The first-order valence-corrected chi connectivity index (χ1v) is 5.60. The number of hydrogen-bond acceptors (Lipinski definition) is 1. The Morgan fingerprint density at radius 1 is 1.07 bits per heavy atom. The summed E-state index contributed by atoms with van der Waals surface area (Å²) in [5, 5.41) is 8.41. The van der Waals surface area contributed by atoms with Crippen molar-refractivity contribution in [1.29, 1.82) is 0 Å². The molecule has 2 heteroatoms. The quantitative estimate of drug-likeness (QED) is 0.452. The maximum absolute atomic E-state index is 10.2. The van der Waals surface area contributed by atoms with E-state index in [4.69, 9.17) is 5.11 Å². The van der Waals surface area contributed by atoms with Crippen LogP contribution in [0.25, 0.3) is 0 Å². The molecule has 0 atom stereocenters. The van der Waals surface area contributed by atoms with Crippen molar-refractivity contribution >= 4 is 5.97 Å². The molecule has 0 saturated heterocycles. The molecule has 0 radical (unpaired) electrons. The molecule has 0 aromatic carbocycles. The van der Waals surface area contributed by atoms with Crippen molar-refractivity contribution in [2.45, 2.75) is 58.3 Å². The highest BCUT2D eigenvalue weighted by Gasteiger charge is 1.95. The molecule has 0 aliphatic rings. The molecule has 1 N–H and O–H groups in total. The smallest absolute Gasteiger partial charge is 0.303 e. The number of unbranched alkanes of at least 4 members (excludes halogenated alkanes) is 6. The predicted molar refractivity (Wildman–Crippen MR) is 59.4 cm³/mol. The van der Waals surface area contributed by atoms with Gasteiger partial charge in [0.25, 0.3) is 0 Å². The highest BCUT2D eigenvalue weighted by molar-refractivity contribution is 5.66. The lowest BCUT2D eigenvalue weighted by Gasteiger charge is -1.98. The van der Waals surface area contributed by atoms with Gasteiger partial charge in [-0.1, -0.05) is 37.8 Å². The molecular formula is C12H22O2. The van der Waals surface area contributed by atoms with Crippen molar-refractivity contribution in [3.63, 3.8) is 0 Å². The van der Waals surface area contributed by atoms with Gasteiger partial charge in [-0.2, -0.15) is 0 Å². The Morgan fingerprint density at radius 3 is 2.21 bits per heavy atom. The molecule has 0 unspecified atom stereocenters. The fourth-order valence-electron chi connectivity index (χ4n) is 1.41. The van der Waals surface area contributed by atoms with Gasteiger partial charge in [0.2, 0.25) is 0 Å². The molecule has 0 amide bonds. The van der Waals surface area contributed by atoms with E-state index in [1.807, 2.05) is 6.92 Å². The third kappa shape index (κ3) is 11.2. The summed E-state index contributed by atoms with van der Waals surface area (Å²) < 4.78 is 0. The summed E-state index contributed by atoms with van der Waals surface area (Å²) >= 11 is 0. The van der Waals surface area contributed by atoms with Gasteiger partial charge in [0, 0.05) is 6.42 Å². The number of carboxylic acid groups (broad SMARTS) is 1. The minimum absolute atomic E-state index is 0.332. The van der Waals surface area contributed by atoms with Gasteiger partial charge < -0.3 is 5.11 Å². The van der Waals surface area contributed by atoms with Gasteiger partial charge in [-0.15, -0.1) is 0 Å². The Hall–Kier alpha value is -0.790. The molecule has 2 nitrogen and oxygen atoms in total. The molecule has 0 rings (SSSR count). The van der Waals surface area contributed by atoms with E-state index in [0.717, 1.165) is 12.8 Å². The molecular weight excluding hydrogens is 176 g/mol. The lowest BCUT2D eigenvalue weighted by atomic mass is 10.1. The third-order valence-electron chi connectivity index (χ3n) is 2.25. The van der Waals surface area contributed by atoms with Crippen LogP contribution in [0.15, 0.2) is 12.2 Å². The lowest BCUT2D eigenvalue weighted by molar-refractivity contribution is -0.137. The van der Waals surface area contributed by atoms with Crippen LogP contribution < -0.4 is 0 Å². The molecule has 0 aliphatic heterocycles. The van der Waals surface area contributed by atoms with Crippen molar-refractivity contribution < 1.29 is 9.90 Å². The third-order valence-corrected chi connectivity index (χ3v) is 2.25. The van der Waals surface area contributed by atoms with E-state index in [9.17, 15) is 4.79 Å². The molecule has 0 bridgehead atoms. The Bertz CT molecular complexity index is 162. The van der Waals surface area contributed by atoms with E-state index in [0.29, 0.717) is 6.42 Å². The molecule has 82 valence electrons. The number of aliphatic carboxylic acids is 1. The average Bonchev–Trinajstić information content (AvgIpc) is 2.15. The summed E-state index contributed by atoms with van der Waals surface area (Å²) in [6, 6.07) is 0. The van der Waals surface area contributed by atoms with Crippen LogP contribution in [0.2, 0.25) is 0 Å². The Morgan fingerprint density at radius 2 is 1.64 bits per heavy atom. The van der Waals surface area contributed by atoms with Gasteiger partial charge in [-0.05, 0) is 26.2 Å². The molecule has 0 aromatic rings. The van der Waals surface area contributed by atoms with Gasteiger partial charge in [-0.25, -0.2) is 0 Å². The van der Waals surface area contributed by atoms with Crippen molar-refractivity contribution in [2.75, 3.05) is 0 Å². The molecule has 14 heavy (non-hydrogen) atoms. The van der Waals surface area contributed by atoms with Crippen molar-refractivity contribution in [3.8, 4) is 0 Å². The normalized spacial score (nSPS) is 10.9. The first kappa shape index (κ1) is 13.2. The molecule has 0 fully saturated rings. The summed E-state index contributed by atoms with van der Waals surface area (Å²) in [5.41, 5.74) is 0. The van der Waals surface area contributed by atoms with E-state index >= 15 is 0 Å². The number of hydrogen-bond donors (Lipinski definition) is 1. The van der Waals surface area contributed by atoms with Crippen LogP contribution in [0.4, 0.5) is 0 Å². The summed E-state index contributed by atoms with van der Waals surface area (Å²) in [5.74, 6) is -0.668. The predicted octanol–water partition coefficient (Wildman–Crippen LogP) is 3.77. The van der Waals surface area contributed by atoms with Gasteiger partial charge in [0.15, 0.2) is 0 Å². The molecule has 0 saturated carbocycles. The van der Waals surface area contributed by atoms with E-state index in [-0.39, 0.29) is 0 Å². The summed E-state index contributed by atoms with van der Waals surface area (Å²) in [7, 11) is 0. The first-order chi connectivity index (χ1) is 6.77. The van der Waals surface area contributed by atoms with Crippen molar-refractivity contribution in [3.05, 3.63) is 12.2 Å². The minimum Gasteiger partial charge on any atom is -0.481 e. The molecule has 0 aromatic heterocycles. The zero-order valence-corrected chi connectivity index (χ0v) is 9.17. The second-order valence-electron chi connectivity index (χ2n) is 3.62. The number of carbonyl (C=O) groups is 1. The Labute approximate surface area is 87.0 Å². The van der Waals surface area contributed by atoms with E-state index < -0.39 is 5.97 Å². The van der Waals surface area contributed by atoms with Crippen molar-refractivity contribution in [1.82, 2.24) is 0 Å². The maximum atomic E-state index is 10.2.